The van der Waals surface area contributed by atoms with E-state index in [1.165, 1.54) is 13.1 Å². The molecule has 0 spiro atoms. The summed E-state index contributed by atoms with van der Waals surface area (Å²) >= 11 is 3.31. The summed E-state index contributed by atoms with van der Waals surface area (Å²) in [5, 5.41) is 3.59. The van der Waals surface area contributed by atoms with Gasteiger partial charge in [0.05, 0.1) is 4.90 Å². The zero-order valence-electron chi connectivity index (χ0n) is 11.6. The van der Waals surface area contributed by atoms with E-state index < -0.39 is 10.0 Å². The number of carbonyl (C=O) groups excluding carboxylic acids is 1. The van der Waals surface area contributed by atoms with Gasteiger partial charge in [0.25, 0.3) is 0 Å². The molecule has 112 valence electrons. The van der Waals surface area contributed by atoms with Crippen molar-refractivity contribution < 1.29 is 13.2 Å². The van der Waals surface area contributed by atoms with E-state index in [9.17, 15) is 13.2 Å². The minimum absolute atomic E-state index is 0.109. The van der Waals surface area contributed by atoms with Crippen molar-refractivity contribution >= 4 is 37.5 Å². The Bertz CT molecular complexity index is 573. The first kappa shape index (κ1) is 17.1. The second-order valence-electron chi connectivity index (χ2n) is 4.38. The molecule has 0 bridgehead atoms. The minimum Gasteiger partial charge on any atom is -0.326 e. The van der Waals surface area contributed by atoms with E-state index in [-0.39, 0.29) is 10.8 Å². The van der Waals surface area contributed by atoms with Crippen molar-refractivity contribution in [1.82, 2.24) is 4.72 Å². The molecular formula is C13H19BrN2O3S. The Morgan fingerprint density at radius 1 is 1.30 bits per heavy atom. The highest BCUT2D eigenvalue weighted by molar-refractivity contribution is 9.09. The van der Waals surface area contributed by atoms with E-state index in [0.717, 1.165) is 18.2 Å². The van der Waals surface area contributed by atoms with Crippen LogP contribution in [0.1, 0.15) is 24.8 Å². The number of hydrogen-bond acceptors (Lipinski definition) is 3. The number of alkyl halides is 1. The molecule has 0 unspecified atom stereocenters. The molecule has 0 radical (unpaired) electrons. The zero-order chi connectivity index (χ0) is 15.2. The van der Waals surface area contributed by atoms with Gasteiger partial charge in [0.1, 0.15) is 0 Å². The van der Waals surface area contributed by atoms with Gasteiger partial charge in [-0.25, -0.2) is 13.1 Å². The van der Waals surface area contributed by atoms with Crippen LogP contribution in [0.2, 0.25) is 0 Å². The zero-order valence-corrected chi connectivity index (χ0v) is 14.0. The van der Waals surface area contributed by atoms with Gasteiger partial charge in [0.2, 0.25) is 15.9 Å². The number of anilines is 1. The van der Waals surface area contributed by atoms with Crippen LogP contribution in [0, 0.1) is 6.92 Å². The molecule has 0 heterocycles. The second kappa shape index (κ2) is 7.75. The molecule has 20 heavy (non-hydrogen) atoms. The standard InChI is InChI=1S/C13H19BrN2O3S/c1-10-6-7-11(9-12(10)20(18,19)15-2)16-13(17)5-3-4-8-14/h6-7,9,15H,3-5,8H2,1-2H3,(H,16,17). The molecule has 0 aliphatic rings. The van der Waals surface area contributed by atoms with Crippen molar-refractivity contribution in [3.63, 3.8) is 0 Å². The van der Waals surface area contributed by atoms with Crippen LogP contribution < -0.4 is 10.0 Å². The number of sulfonamides is 1. The number of rotatable bonds is 7. The Balaban J connectivity index is 2.83. The largest absolute Gasteiger partial charge is 0.326 e. The van der Waals surface area contributed by atoms with Gasteiger partial charge < -0.3 is 5.32 Å². The molecule has 0 atom stereocenters. The van der Waals surface area contributed by atoms with Gasteiger partial charge in [-0.2, -0.15) is 0 Å². The monoisotopic (exact) mass is 362 g/mol. The highest BCUT2D eigenvalue weighted by Gasteiger charge is 2.15. The van der Waals surface area contributed by atoms with Gasteiger partial charge in [0, 0.05) is 17.4 Å². The van der Waals surface area contributed by atoms with Crippen LogP contribution >= 0.6 is 15.9 Å². The molecule has 5 nitrogen and oxygen atoms in total. The van der Waals surface area contributed by atoms with Gasteiger partial charge in [-0.3, -0.25) is 4.79 Å². The number of aryl methyl sites for hydroxylation is 1. The molecule has 0 fully saturated rings. The van der Waals surface area contributed by atoms with Crippen LogP contribution in [-0.2, 0) is 14.8 Å². The maximum atomic E-state index is 11.8. The molecule has 1 amide bonds. The van der Waals surface area contributed by atoms with Gasteiger partial charge in [0.15, 0.2) is 0 Å². The lowest BCUT2D eigenvalue weighted by Crippen LogP contribution is -2.20. The van der Waals surface area contributed by atoms with Crippen molar-refractivity contribution in [2.45, 2.75) is 31.1 Å². The van der Waals surface area contributed by atoms with Crippen LogP contribution in [0.25, 0.3) is 0 Å². The van der Waals surface area contributed by atoms with E-state index in [0.29, 0.717) is 17.7 Å². The molecule has 7 heteroatoms. The fraction of sp³-hybridized carbons (Fsp3) is 0.462. The first-order chi connectivity index (χ1) is 9.40. The molecule has 2 N–H and O–H groups in total. The number of hydrogen-bond donors (Lipinski definition) is 2. The maximum absolute atomic E-state index is 11.8. The van der Waals surface area contributed by atoms with Gasteiger partial charge in [-0.15, -0.1) is 0 Å². The number of benzene rings is 1. The molecule has 0 aliphatic carbocycles. The summed E-state index contributed by atoms with van der Waals surface area (Å²) in [6.45, 7) is 1.71. The predicted molar refractivity (Wildman–Crippen MR) is 83.7 cm³/mol. The fourth-order valence-corrected chi connectivity index (χ4v) is 3.07. The van der Waals surface area contributed by atoms with Crippen molar-refractivity contribution in [2.75, 3.05) is 17.7 Å². The Hall–Kier alpha value is -0.920. The summed E-state index contributed by atoms with van der Waals surface area (Å²) in [5.41, 5.74) is 1.13. The second-order valence-corrected chi connectivity index (χ2v) is 7.03. The van der Waals surface area contributed by atoms with E-state index in [1.807, 2.05) is 0 Å². The number of unbranched alkanes of at least 4 members (excludes halogenated alkanes) is 1. The van der Waals surface area contributed by atoms with E-state index in [1.54, 1.807) is 19.1 Å². The first-order valence-electron chi connectivity index (χ1n) is 6.30. The summed E-state index contributed by atoms with van der Waals surface area (Å²) < 4.78 is 26.0. The van der Waals surface area contributed by atoms with Crippen LogP contribution in [0.4, 0.5) is 5.69 Å². The van der Waals surface area contributed by atoms with Crippen molar-refractivity contribution in [3.8, 4) is 0 Å². The third-order valence-electron chi connectivity index (χ3n) is 2.82. The van der Waals surface area contributed by atoms with Crippen LogP contribution in [0.3, 0.4) is 0 Å². The molecule has 0 aliphatic heterocycles. The smallest absolute Gasteiger partial charge is 0.240 e. The van der Waals surface area contributed by atoms with E-state index in [2.05, 4.69) is 26.0 Å². The lowest BCUT2D eigenvalue weighted by molar-refractivity contribution is -0.116. The quantitative estimate of drug-likeness (QED) is 0.577. The summed E-state index contributed by atoms with van der Waals surface area (Å²) in [7, 11) is -2.15. The summed E-state index contributed by atoms with van der Waals surface area (Å²) in [4.78, 5) is 11.9. The van der Waals surface area contributed by atoms with Crippen molar-refractivity contribution in [3.05, 3.63) is 23.8 Å². The molecular weight excluding hydrogens is 344 g/mol. The molecule has 1 aromatic carbocycles. The van der Waals surface area contributed by atoms with E-state index in [4.69, 9.17) is 0 Å². The van der Waals surface area contributed by atoms with Gasteiger partial charge >= 0.3 is 0 Å². The maximum Gasteiger partial charge on any atom is 0.240 e. The average molecular weight is 363 g/mol. The minimum atomic E-state index is -3.52. The number of amides is 1. The highest BCUT2D eigenvalue weighted by atomic mass is 79.9. The first-order valence-corrected chi connectivity index (χ1v) is 8.91. The number of halogens is 1. The van der Waals surface area contributed by atoms with Crippen LogP contribution in [0.5, 0.6) is 0 Å². The predicted octanol–water partition coefficient (Wildman–Crippen LogP) is 2.41. The van der Waals surface area contributed by atoms with Gasteiger partial charge in [-0.1, -0.05) is 22.0 Å². The molecule has 0 aromatic heterocycles. The topological polar surface area (TPSA) is 75.3 Å². The molecule has 1 rings (SSSR count). The highest BCUT2D eigenvalue weighted by Crippen LogP contribution is 2.20. The number of carbonyl (C=O) groups is 1. The summed E-state index contributed by atoms with van der Waals surface area (Å²) in [5.74, 6) is -0.109. The van der Waals surface area contributed by atoms with Gasteiger partial charge in [-0.05, 0) is 44.5 Å². The lowest BCUT2D eigenvalue weighted by Gasteiger charge is -2.10. The Morgan fingerprint density at radius 3 is 2.60 bits per heavy atom. The van der Waals surface area contributed by atoms with Crippen LogP contribution in [-0.4, -0.2) is 26.7 Å². The SMILES string of the molecule is CNS(=O)(=O)c1cc(NC(=O)CCCCBr)ccc1C. The van der Waals surface area contributed by atoms with Crippen molar-refractivity contribution in [1.29, 1.82) is 0 Å². The Morgan fingerprint density at radius 2 is 2.00 bits per heavy atom. The van der Waals surface area contributed by atoms with E-state index >= 15 is 0 Å². The third-order valence-corrected chi connectivity index (χ3v) is 4.93. The Labute approximate surface area is 128 Å². The third kappa shape index (κ3) is 4.88. The fourth-order valence-electron chi connectivity index (χ4n) is 1.68. The lowest BCUT2D eigenvalue weighted by atomic mass is 10.2. The number of nitrogens with one attached hydrogen (secondary N) is 2. The Kier molecular flexibility index (Phi) is 6.64. The van der Waals surface area contributed by atoms with Crippen LogP contribution in [0.15, 0.2) is 23.1 Å². The normalized spacial score (nSPS) is 11.3. The average Bonchev–Trinajstić information content (AvgIpc) is 2.41. The molecule has 0 saturated carbocycles. The van der Waals surface area contributed by atoms with Crippen molar-refractivity contribution in [2.24, 2.45) is 0 Å². The summed E-state index contributed by atoms with van der Waals surface area (Å²) in [6, 6.07) is 4.86. The summed E-state index contributed by atoms with van der Waals surface area (Å²) in [6.07, 6.45) is 2.15. The molecule has 0 saturated heterocycles. The molecule has 1 aromatic rings.